The first-order valence-corrected chi connectivity index (χ1v) is 10.00. The number of nitrogens with zero attached hydrogens (tertiary/aromatic N) is 1. The van der Waals surface area contributed by atoms with Gasteiger partial charge in [0.05, 0.1) is 14.9 Å². The number of amides is 2. The van der Waals surface area contributed by atoms with Crippen molar-refractivity contribution >= 4 is 50.9 Å². The predicted molar refractivity (Wildman–Crippen MR) is 110 cm³/mol. The molecule has 0 spiro atoms. The second-order valence-corrected chi connectivity index (χ2v) is 7.75. The van der Waals surface area contributed by atoms with Crippen molar-refractivity contribution in [1.29, 1.82) is 0 Å². The Morgan fingerprint density at radius 3 is 2.50 bits per heavy atom. The molecule has 28 heavy (non-hydrogen) atoms. The van der Waals surface area contributed by atoms with E-state index in [0.29, 0.717) is 21.7 Å². The van der Waals surface area contributed by atoms with Crippen LogP contribution in [0.3, 0.4) is 0 Å². The van der Waals surface area contributed by atoms with E-state index in [4.69, 9.17) is 9.84 Å². The van der Waals surface area contributed by atoms with Crippen LogP contribution in [0.2, 0.25) is 0 Å². The van der Waals surface area contributed by atoms with Gasteiger partial charge in [0.15, 0.2) is 0 Å². The summed E-state index contributed by atoms with van der Waals surface area (Å²) in [5.41, 5.74) is 1.84. The van der Waals surface area contributed by atoms with Crippen LogP contribution >= 0.6 is 27.7 Å². The molecule has 2 aromatic rings. The SMILES string of the molecule is CCN1C(=O)SC(=Cc2ccc(OCc3ccc(C(=O)O)cc3)c(Br)c2)C1=O. The van der Waals surface area contributed by atoms with Crippen LogP contribution in [0.25, 0.3) is 6.08 Å². The van der Waals surface area contributed by atoms with Crippen LogP contribution in [0.15, 0.2) is 51.8 Å². The first-order valence-electron chi connectivity index (χ1n) is 8.39. The van der Waals surface area contributed by atoms with Gasteiger partial charge in [0, 0.05) is 6.54 Å². The Hall–Kier alpha value is -2.58. The number of rotatable bonds is 6. The second-order valence-electron chi connectivity index (χ2n) is 5.91. The third-order valence-electron chi connectivity index (χ3n) is 4.04. The van der Waals surface area contributed by atoms with Crippen LogP contribution in [0, 0.1) is 0 Å². The maximum Gasteiger partial charge on any atom is 0.335 e. The number of thioether (sulfide) groups is 1. The number of aromatic carboxylic acids is 1. The molecule has 0 aromatic heterocycles. The van der Waals surface area contributed by atoms with Gasteiger partial charge in [0.1, 0.15) is 12.4 Å². The lowest BCUT2D eigenvalue weighted by molar-refractivity contribution is -0.122. The summed E-state index contributed by atoms with van der Waals surface area (Å²) >= 11 is 4.38. The van der Waals surface area contributed by atoms with Gasteiger partial charge in [-0.25, -0.2) is 4.79 Å². The van der Waals surface area contributed by atoms with Gasteiger partial charge in [-0.1, -0.05) is 18.2 Å². The van der Waals surface area contributed by atoms with Crippen molar-refractivity contribution in [3.8, 4) is 5.75 Å². The number of ether oxygens (including phenoxy) is 1. The molecule has 3 rings (SSSR count). The monoisotopic (exact) mass is 461 g/mol. The number of hydrogen-bond acceptors (Lipinski definition) is 5. The van der Waals surface area contributed by atoms with Crippen molar-refractivity contribution in [2.24, 2.45) is 0 Å². The van der Waals surface area contributed by atoms with Crippen LogP contribution in [-0.4, -0.2) is 33.7 Å². The quantitative estimate of drug-likeness (QED) is 0.622. The van der Waals surface area contributed by atoms with Crippen molar-refractivity contribution in [1.82, 2.24) is 4.90 Å². The van der Waals surface area contributed by atoms with Gasteiger partial charge in [-0.2, -0.15) is 0 Å². The highest BCUT2D eigenvalue weighted by atomic mass is 79.9. The minimum atomic E-state index is -0.970. The lowest BCUT2D eigenvalue weighted by Crippen LogP contribution is -2.27. The number of halogens is 1. The highest BCUT2D eigenvalue weighted by Crippen LogP contribution is 2.33. The van der Waals surface area contributed by atoms with E-state index in [-0.39, 0.29) is 23.3 Å². The molecule has 1 saturated heterocycles. The third-order valence-corrected chi connectivity index (χ3v) is 5.57. The molecule has 6 nitrogen and oxygen atoms in total. The second kappa shape index (κ2) is 8.62. The van der Waals surface area contributed by atoms with Gasteiger partial charge in [0.2, 0.25) is 0 Å². The maximum atomic E-state index is 12.2. The maximum absolute atomic E-state index is 12.2. The zero-order chi connectivity index (χ0) is 20.3. The van der Waals surface area contributed by atoms with Gasteiger partial charge < -0.3 is 9.84 Å². The van der Waals surface area contributed by atoms with Crippen LogP contribution < -0.4 is 4.74 Å². The van der Waals surface area contributed by atoms with Crippen LogP contribution in [-0.2, 0) is 11.4 Å². The first kappa shape index (κ1) is 20.2. The van der Waals surface area contributed by atoms with Crippen molar-refractivity contribution in [2.75, 3.05) is 6.54 Å². The first-order chi connectivity index (χ1) is 13.4. The van der Waals surface area contributed by atoms with Gasteiger partial charge in [0.25, 0.3) is 11.1 Å². The highest BCUT2D eigenvalue weighted by Gasteiger charge is 2.33. The molecule has 1 aliphatic heterocycles. The molecule has 1 fully saturated rings. The van der Waals surface area contributed by atoms with Crippen molar-refractivity contribution < 1.29 is 24.2 Å². The molecule has 2 aromatic carbocycles. The molecule has 1 aliphatic rings. The van der Waals surface area contributed by atoms with Crippen LogP contribution in [0.1, 0.15) is 28.4 Å². The van der Waals surface area contributed by atoms with Gasteiger partial charge >= 0.3 is 5.97 Å². The predicted octanol–water partition coefficient (Wildman–Crippen LogP) is 4.78. The summed E-state index contributed by atoms with van der Waals surface area (Å²) in [4.78, 5) is 36.4. The average Bonchev–Trinajstić information content (AvgIpc) is 2.94. The summed E-state index contributed by atoms with van der Waals surface area (Å²) in [6.07, 6.45) is 1.68. The molecule has 0 radical (unpaired) electrons. The van der Waals surface area contributed by atoms with Crippen LogP contribution in [0.4, 0.5) is 4.79 Å². The fraction of sp³-hybridized carbons (Fsp3) is 0.150. The highest BCUT2D eigenvalue weighted by molar-refractivity contribution is 9.10. The molecular weight excluding hydrogens is 446 g/mol. The van der Waals surface area contributed by atoms with E-state index >= 15 is 0 Å². The topological polar surface area (TPSA) is 83.9 Å². The number of likely N-dealkylation sites (N-methyl/N-ethyl adjacent to an activating group) is 1. The summed E-state index contributed by atoms with van der Waals surface area (Å²) < 4.78 is 6.48. The van der Waals surface area contributed by atoms with E-state index in [9.17, 15) is 14.4 Å². The molecule has 0 saturated carbocycles. The smallest absolute Gasteiger partial charge is 0.335 e. The lowest BCUT2D eigenvalue weighted by Gasteiger charge is -2.09. The molecule has 144 valence electrons. The average molecular weight is 462 g/mol. The number of carboxylic acid groups (broad SMARTS) is 1. The molecule has 8 heteroatoms. The van der Waals surface area contributed by atoms with Gasteiger partial charge in [-0.05, 0) is 76.1 Å². The number of benzene rings is 2. The van der Waals surface area contributed by atoms with Crippen LogP contribution in [0.5, 0.6) is 5.75 Å². The van der Waals surface area contributed by atoms with Crippen molar-refractivity contribution in [3.05, 3.63) is 68.5 Å². The molecule has 0 atom stereocenters. The molecular formula is C20H16BrNO5S. The van der Waals surface area contributed by atoms with Gasteiger partial charge in [-0.15, -0.1) is 0 Å². The summed E-state index contributed by atoms with van der Waals surface area (Å²) in [6.45, 7) is 2.40. The molecule has 0 aliphatic carbocycles. The van der Waals surface area contributed by atoms with E-state index < -0.39 is 5.97 Å². The Kier molecular flexibility index (Phi) is 6.21. The molecule has 0 bridgehead atoms. The zero-order valence-electron chi connectivity index (χ0n) is 14.8. The van der Waals surface area contributed by atoms with Gasteiger partial charge in [-0.3, -0.25) is 14.5 Å². The minimum absolute atomic E-state index is 0.224. The third kappa shape index (κ3) is 4.45. The van der Waals surface area contributed by atoms with E-state index in [2.05, 4.69) is 15.9 Å². The van der Waals surface area contributed by atoms with Crippen molar-refractivity contribution in [2.45, 2.75) is 13.5 Å². The Balaban J connectivity index is 1.69. The Morgan fingerprint density at radius 2 is 1.93 bits per heavy atom. The Morgan fingerprint density at radius 1 is 1.21 bits per heavy atom. The Bertz CT molecular complexity index is 971. The number of carbonyl (C=O) groups is 3. The standard InChI is InChI=1S/C20H16BrNO5S/c1-2-22-18(23)17(28-20(22)26)10-13-5-8-16(15(21)9-13)27-11-12-3-6-14(7-4-12)19(24)25/h3-10H,2,11H2,1H3,(H,24,25). The summed E-state index contributed by atoms with van der Waals surface area (Å²) in [6, 6.07) is 11.8. The minimum Gasteiger partial charge on any atom is -0.488 e. The largest absolute Gasteiger partial charge is 0.488 e. The Labute approximate surface area is 174 Å². The number of carbonyl (C=O) groups excluding carboxylic acids is 2. The fourth-order valence-electron chi connectivity index (χ4n) is 2.55. The normalized spacial score (nSPS) is 15.4. The summed E-state index contributed by atoms with van der Waals surface area (Å²) in [5, 5.41) is 8.66. The molecule has 0 unspecified atom stereocenters. The summed E-state index contributed by atoms with van der Waals surface area (Å²) in [7, 11) is 0. The van der Waals surface area contributed by atoms with Crippen molar-refractivity contribution in [3.63, 3.8) is 0 Å². The molecule has 1 N–H and O–H groups in total. The zero-order valence-corrected chi connectivity index (χ0v) is 17.2. The number of hydrogen-bond donors (Lipinski definition) is 1. The van der Waals surface area contributed by atoms with E-state index in [1.54, 1.807) is 37.3 Å². The number of imide groups is 1. The van der Waals surface area contributed by atoms with E-state index in [1.165, 1.54) is 17.0 Å². The fourth-order valence-corrected chi connectivity index (χ4v) is 3.97. The molecule has 1 heterocycles. The number of carboxylic acids is 1. The summed E-state index contributed by atoms with van der Waals surface area (Å²) in [5.74, 6) is -0.637. The molecule has 2 amide bonds. The lowest BCUT2D eigenvalue weighted by atomic mass is 10.1. The van der Waals surface area contributed by atoms with E-state index in [1.807, 2.05) is 6.07 Å². The van der Waals surface area contributed by atoms with E-state index in [0.717, 1.165) is 22.9 Å².